The maximum Gasteiger partial charge on any atom is 0.341 e. The summed E-state index contributed by atoms with van der Waals surface area (Å²) in [6, 6.07) is 5.41. The highest BCUT2D eigenvalue weighted by Gasteiger charge is 2.48. The van der Waals surface area contributed by atoms with Gasteiger partial charge in [-0.2, -0.15) is 0 Å². The number of ether oxygens (including phenoxy) is 3. The van der Waals surface area contributed by atoms with Gasteiger partial charge in [0.1, 0.15) is 36.9 Å². The van der Waals surface area contributed by atoms with Crippen molar-refractivity contribution >= 4 is 158 Å². The van der Waals surface area contributed by atoms with Gasteiger partial charge in [0.15, 0.2) is 24.8 Å². The van der Waals surface area contributed by atoms with E-state index in [1.54, 1.807) is 33.3 Å². The molecule has 0 bridgehead atoms. The molecule has 6 saturated heterocycles. The lowest BCUT2D eigenvalue weighted by Crippen LogP contribution is -2.64. The van der Waals surface area contributed by atoms with Crippen molar-refractivity contribution in [2.75, 3.05) is 60.6 Å². The summed E-state index contributed by atoms with van der Waals surface area (Å²) < 4.78 is 15.3. The Balaban J connectivity index is 0.000000228. The number of fused-ring (bicyclic) bond motifs is 3. The van der Waals surface area contributed by atoms with Crippen LogP contribution in [0.15, 0.2) is 54.6 Å². The number of amides is 9. The summed E-state index contributed by atoms with van der Waals surface area (Å²) in [5, 5.41) is 44.6. The molecule has 0 saturated carbocycles. The van der Waals surface area contributed by atoms with Crippen molar-refractivity contribution in [2.24, 2.45) is 0 Å². The smallest absolute Gasteiger partial charge is 0.341 e. The summed E-state index contributed by atoms with van der Waals surface area (Å²) in [6.07, 6.45) is 3.83. The van der Waals surface area contributed by atoms with E-state index in [2.05, 4.69) is 31.9 Å². The number of nitrogens with zero attached hydrogens (tertiary/aromatic N) is 6. The third-order valence-electron chi connectivity index (χ3n) is 18.9. The summed E-state index contributed by atoms with van der Waals surface area (Å²) in [5.74, 6) is -9.15. The Kier molecular flexibility index (Phi) is 33.6. The van der Waals surface area contributed by atoms with Crippen LogP contribution in [0.1, 0.15) is 154 Å². The van der Waals surface area contributed by atoms with Gasteiger partial charge in [-0.05, 0) is 128 Å². The number of halogens is 6. The molecule has 3 aromatic rings. The second-order valence-corrected chi connectivity index (χ2v) is 28.6. The average Bonchev–Trinajstić information content (AvgIpc) is 1.75. The number of aliphatic hydroxyl groups excluding tert-OH is 1. The lowest BCUT2D eigenvalue weighted by molar-refractivity contribution is -0.176. The minimum atomic E-state index is -1.56. The maximum absolute atomic E-state index is 13.3. The molecule has 10 atom stereocenters. The summed E-state index contributed by atoms with van der Waals surface area (Å²) >= 11 is 36.1. The first-order chi connectivity index (χ1) is 51.9. The van der Waals surface area contributed by atoms with Crippen LogP contribution in [0.2, 0.25) is 30.1 Å². The van der Waals surface area contributed by atoms with E-state index in [1.165, 1.54) is 67.5 Å². The molecule has 6 aliphatic rings. The molecule has 6 aliphatic heterocycles. The van der Waals surface area contributed by atoms with Gasteiger partial charge >= 0.3 is 23.9 Å². The second kappa shape index (κ2) is 41.6. The molecule has 6 fully saturated rings. The Morgan fingerprint density at radius 2 is 0.771 bits per heavy atom. The van der Waals surface area contributed by atoms with Crippen LogP contribution in [0.3, 0.4) is 0 Å². The molecule has 1 unspecified atom stereocenters. The first-order valence-corrected chi connectivity index (χ1v) is 37.8. The number of nitrogens with one attached hydrogen (secondary N) is 6. The Labute approximate surface area is 658 Å². The Morgan fingerprint density at radius 1 is 0.459 bits per heavy atom. The van der Waals surface area contributed by atoms with Crippen molar-refractivity contribution in [1.29, 1.82) is 0 Å². The molecule has 109 heavy (non-hydrogen) atoms. The number of likely N-dealkylation sites (N-methyl/N-ethyl adjacent to an activating group) is 3. The van der Waals surface area contributed by atoms with E-state index in [0.29, 0.717) is 83.7 Å². The molecule has 32 nitrogen and oxygen atoms in total. The van der Waals surface area contributed by atoms with E-state index in [-0.39, 0.29) is 115 Å². The van der Waals surface area contributed by atoms with Crippen molar-refractivity contribution in [3.8, 4) is 0 Å². The van der Waals surface area contributed by atoms with E-state index in [0.717, 1.165) is 5.01 Å². The highest BCUT2D eigenvalue weighted by atomic mass is 35.5. The molecule has 0 spiro atoms. The summed E-state index contributed by atoms with van der Waals surface area (Å²) in [6.45, 7) is 2.85. The summed E-state index contributed by atoms with van der Waals surface area (Å²) in [7, 11) is 4.85. The average molecular weight is 1640 g/mol. The second-order valence-electron chi connectivity index (χ2n) is 26.2. The summed E-state index contributed by atoms with van der Waals surface area (Å²) in [4.78, 5) is 191. The van der Waals surface area contributed by atoms with Crippen molar-refractivity contribution < 1.29 is 96.3 Å². The molecule has 594 valence electrons. The van der Waals surface area contributed by atoms with Gasteiger partial charge in [0.05, 0.1) is 83.5 Å². The predicted octanol–water partition coefficient (Wildman–Crippen LogP) is 4.83. The maximum atomic E-state index is 13.3. The molecule has 9 amide bonds. The number of hydrogen-bond acceptors (Lipinski definition) is 22. The van der Waals surface area contributed by atoms with Gasteiger partial charge in [-0.1, -0.05) is 114 Å². The number of carboxylic acid groups (broad SMARTS) is 1. The van der Waals surface area contributed by atoms with Gasteiger partial charge in [-0.15, -0.1) is 0 Å². The molecule has 0 aliphatic carbocycles. The number of aliphatic hydroxyl groups is 1. The number of ketones is 2. The van der Waals surface area contributed by atoms with Crippen molar-refractivity contribution in [1.82, 2.24) is 62.0 Å². The number of esters is 3. The highest BCUT2D eigenvalue weighted by Crippen LogP contribution is 2.32. The van der Waals surface area contributed by atoms with Crippen LogP contribution in [0.25, 0.3) is 0 Å². The molecule has 9 rings (SSSR count). The van der Waals surface area contributed by atoms with Gasteiger partial charge in [-0.25, -0.2) is 29.4 Å². The van der Waals surface area contributed by atoms with Gasteiger partial charge in [-0.3, -0.25) is 72.6 Å². The number of hydrazine groups is 3. The number of carbonyl (C=O) groups excluding carboxylic acids is 14. The number of Topliss-reactive ketones (excluding diaryl/α,β-unsaturated/α-hetero) is 2. The molecule has 0 aromatic heterocycles. The van der Waals surface area contributed by atoms with Gasteiger partial charge < -0.3 is 56.3 Å². The Bertz CT molecular complexity index is 3860. The minimum Gasteiger partial charge on any atom is -0.481 e. The van der Waals surface area contributed by atoms with E-state index >= 15 is 0 Å². The molecular formula is C71H88Cl6N12O20. The SMILES string of the molecule is CCC[C@H](NC(=O)[C@@H]1CCCN2C(=O)CC[C@H](NC)C(=O)N12)C(=O)COC(=O)c1c(Cl)cccc1Cl.CCC[C@H](NC(=O)[C@@H]1CCCN2C(=O)CC[C@H](NC)C(=O)N12)C(O)COC(=O)c1c(Cl)cccc1Cl.CN[C@H]1CCC(=O)N2CCC[C@@H](C(=O)N[C@@H](CC(=O)O)C(=O)COC(=O)c3c(Cl)cccc3Cl)N2C1=O. The first kappa shape index (κ1) is 87.9. The van der Waals surface area contributed by atoms with E-state index in [1.807, 2.05) is 13.8 Å². The lowest BCUT2D eigenvalue weighted by atomic mass is 10.0. The van der Waals surface area contributed by atoms with Crippen LogP contribution in [0, 0.1) is 0 Å². The zero-order valence-electron chi connectivity index (χ0n) is 60.4. The van der Waals surface area contributed by atoms with Crippen molar-refractivity contribution in [3.05, 3.63) is 101 Å². The number of aliphatic carboxylic acids is 1. The number of carbonyl (C=O) groups is 15. The molecule has 6 heterocycles. The Hall–Kier alpha value is -8.31. The fourth-order valence-electron chi connectivity index (χ4n) is 13.2. The number of hydrogen-bond donors (Lipinski definition) is 8. The minimum absolute atomic E-state index is 0.00118. The molecule has 0 radical (unpaired) electrons. The third-order valence-corrected chi connectivity index (χ3v) is 20.8. The zero-order chi connectivity index (χ0) is 80.1. The van der Waals surface area contributed by atoms with Crippen LogP contribution in [0.4, 0.5) is 0 Å². The van der Waals surface area contributed by atoms with Crippen molar-refractivity contribution in [3.63, 3.8) is 0 Å². The number of rotatable bonds is 27. The first-order valence-electron chi connectivity index (χ1n) is 35.5. The molecule has 38 heteroatoms. The quantitative estimate of drug-likeness (QED) is 0.0374. The van der Waals surface area contributed by atoms with Crippen molar-refractivity contribution in [2.45, 2.75) is 183 Å². The summed E-state index contributed by atoms with van der Waals surface area (Å²) in [5.41, 5.74) is -0.214. The van der Waals surface area contributed by atoms with Crippen LogP contribution >= 0.6 is 69.6 Å². The van der Waals surface area contributed by atoms with Crippen LogP contribution < -0.4 is 31.9 Å². The predicted molar refractivity (Wildman–Crippen MR) is 395 cm³/mol. The normalized spacial score (nSPS) is 21.1. The molecular weight excluding hydrogens is 1550 g/mol. The van der Waals surface area contributed by atoms with E-state index in [4.69, 9.17) is 83.8 Å². The van der Waals surface area contributed by atoms with Crippen LogP contribution in [0.5, 0.6) is 0 Å². The van der Waals surface area contributed by atoms with E-state index in [9.17, 15) is 82.1 Å². The largest absolute Gasteiger partial charge is 0.481 e. The van der Waals surface area contributed by atoms with Crippen LogP contribution in [-0.4, -0.2) is 250 Å². The van der Waals surface area contributed by atoms with Gasteiger partial charge in [0.25, 0.3) is 17.7 Å². The number of benzene rings is 3. The van der Waals surface area contributed by atoms with Gasteiger partial charge in [0, 0.05) is 38.9 Å². The van der Waals surface area contributed by atoms with Crippen LogP contribution in [-0.2, 0) is 71.7 Å². The fraction of sp³-hybridized carbons (Fsp3) is 0.535. The highest BCUT2D eigenvalue weighted by molar-refractivity contribution is 6.40. The van der Waals surface area contributed by atoms with E-state index < -0.39 is 146 Å². The zero-order valence-corrected chi connectivity index (χ0v) is 65.0. The standard InChI is InChI=1S/C24H32Cl2N4O6.C24H30Cl2N4O6.C23H26Cl2N4O8/c2*1-3-6-16(19(31)13-36-24(35)21-14(25)7-4-8-15(21)26)28-22(33)18-9-5-12-29-20(32)11-10-17(27-2)23(34)30(18)29;1-26-14-7-8-18(31)28-9-3-6-16(29(28)22(14)35)21(34)27-15(10-19(32)33)17(30)11-37-23(36)20-12(24)4-2-5-13(20)25/h4,7-8,16-19,27,31H,3,5-6,9-13H2,1-2H3,(H,28,33);4,7-8,16-18,27H,3,5-6,9-13H2,1-2H3,(H,28,33);2,4-5,14-16,26H,3,6-11H2,1H3,(H,27,34)(H,32,33)/t16-,17-,18-,19?;16-,17-,18-;14-,15-,16-/m000/s1. The molecule has 8 N–H and O–H groups in total. The topological polar surface area (TPSA) is 416 Å². The lowest BCUT2D eigenvalue weighted by Gasteiger charge is -2.43. The third kappa shape index (κ3) is 22.5. The molecule has 3 aromatic carbocycles. The Morgan fingerprint density at radius 3 is 1.09 bits per heavy atom. The van der Waals surface area contributed by atoms with Gasteiger partial charge in [0.2, 0.25) is 35.4 Å². The monoisotopic (exact) mass is 1640 g/mol. The number of carboxylic acids is 1. The fourth-order valence-corrected chi connectivity index (χ4v) is 14.8.